The number of carbonyl (C=O) groups excluding carboxylic acids is 3. The highest BCUT2D eigenvalue weighted by Gasteiger charge is 2.28. The van der Waals surface area contributed by atoms with E-state index in [0.717, 1.165) is 6.42 Å². The molecule has 3 heterocycles. The molecule has 1 aliphatic rings. The number of nitrogens with zero attached hydrogens (tertiary/aromatic N) is 2. The molecule has 0 unspecified atom stereocenters. The minimum absolute atomic E-state index is 0.0740. The lowest BCUT2D eigenvalue weighted by Crippen LogP contribution is -2.17. The van der Waals surface area contributed by atoms with E-state index in [2.05, 4.69) is 15.2 Å². The van der Waals surface area contributed by atoms with Crippen LogP contribution >= 0.6 is 0 Å². The molecule has 0 saturated carbocycles. The third-order valence-corrected chi connectivity index (χ3v) is 4.46. The van der Waals surface area contributed by atoms with Crippen molar-refractivity contribution in [1.29, 1.82) is 0 Å². The quantitative estimate of drug-likeness (QED) is 0.673. The number of furan rings is 2. The maximum absolute atomic E-state index is 12.5. The van der Waals surface area contributed by atoms with E-state index in [4.69, 9.17) is 8.83 Å². The lowest BCUT2D eigenvalue weighted by molar-refractivity contribution is 0.0562. The van der Waals surface area contributed by atoms with Gasteiger partial charge >= 0.3 is 5.97 Å². The highest BCUT2D eigenvalue weighted by molar-refractivity contribution is 6.13. The summed E-state index contributed by atoms with van der Waals surface area (Å²) in [5.41, 5.74) is 1.08. The highest BCUT2D eigenvalue weighted by Crippen LogP contribution is 2.27. The van der Waals surface area contributed by atoms with Crippen LogP contribution in [0.4, 0.5) is 5.69 Å². The van der Waals surface area contributed by atoms with Crippen molar-refractivity contribution in [2.45, 2.75) is 25.8 Å². The number of nitrogens with one attached hydrogen (secondary N) is 1. The molecule has 3 aromatic heterocycles. The van der Waals surface area contributed by atoms with Gasteiger partial charge in [0.05, 0.1) is 36.7 Å². The predicted molar refractivity (Wildman–Crippen MR) is 95.3 cm³/mol. The third kappa shape index (κ3) is 3.34. The molecule has 4 rings (SSSR count). The average molecular weight is 383 g/mol. The van der Waals surface area contributed by atoms with Crippen molar-refractivity contribution >= 4 is 23.3 Å². The van der Waals surface area contributed by atoms with Gasteiger partial charge in [-0.2, -0.15) is 5.10 Å². The molecule has 28 heavy (non-hydrogen) atoms. The van der Waals surface area contributed by atoms with Crippen LogP contribution in [0.15, 0.2) is 39.6 Å². The van der Waals surface area contributed by atoms with Crippen molar-refractivity contribution in [3.8, 4) is 0 Å². The Bertz CT molecular complexity index is 1060. The summed E-state index contributed by atoms with van der Waals surface area (Å²) in [6, 6.07) is 3.17. The van der Waals surface area contributed by atoms with Gasteiger partial charge in [-0.05, 0) is 18.6 Å². The molecule has 1 N–H and O–H groups in total. The second kappa shape index (κ2) is 7.18. The van der Waals surface area contributed by atoms with Crippen molar-refractivity contribution in [3.05, 3.63) is 59.2 Å². The van der Waals surface area contributed by atoms with Crippen LogP contribution in [0.2, 0.25) is 0 Å². The SMILES string of the molecule is COC(=O)c1ccc(Cn2cc(NC(=O)c3coc4c3C(=O)CCC4)cn2)o1. The number of ether oxygens (including phenoxy) is 1. The zero-order valence-electron chi connectivity index (χ0n) is 15.1. The molecule has 0 atom stereocenters. The maximum Gasteiger partial charge on any atom is 0.373 e. The Kier molecular flexibility index (Phi) is 4.56. The van der Waals surface area contributed by atoms with Gasteiger partial charge in [-0.1, -0.05) is 0 Å². The summed E-state index contributed by atoms with van der Waals surface area (Å²) in [6.07, 6.45) is 6.23. The summed E-state index contributed by atoms with van der Waals surface area (Å²) in [5, 5.41) is 6.87. The van der Waals surface area contributed by atoms with Gasteiger partial charge < -0.3 is 18.9 Å². The fraction of sp³-hybridized carbons (Fsp3) is 0.263. The number of aromatic nitrogens is 2. The van der Waals surface area contributed by atoms with E-state index >= 15 is 0 Å². The van der Waals surface area contributed by atoms with E-state index in [1.54, 1.807) is 16.9 Å². The molecule has 144 valence electrons. The number of esters is 1. The predicted octanol–water partition coefficient (Wildman–Crippen LogP) is 2.68. The van der Waals surface area contributed by atoms with Crippen LogP contribution in [0.5, 0.6) is 0 Å². The van der Waals surface area contributed by atoms with Gasteiger partial charge in [0, 0.05) is 19.0 Å². The summed E-state index contributed by atoms with van der Waals surface area (Å²) >= 11 is 0. The van der Waals surface area contributed by atoms with Crippen LogP contribution in [0.25, 0.3) is 0 Å². The Balaban J connectivity index is 1.44. The third-order valence-electron chi connectivity index (χ3n) is 4.46. The lowest BCUT2D eigenvalue weighted by Gasteiger charge is -2.09. The Morgan fingerprint density at radius 1 is 1.32 bits per heavy atom. The van der Waals surface area contributed by atoms with Crippen molar-refractivity contribution in [2.75, 3.05) is 12.4 Å². The molecule has 1 amide bonds. The highest BCUT2D eigenvalue weighted by atomic mass is 16.5. The number of aryl methyl sites for hydroxylation is 1. The molecule has 0 radical (unpaired) electrons. The van der Waals surface area contributed by atoms with Crippen LogP contribution in [-0.2, 0) is 17.7 Å². The van der Waals surface area contributed by atoms with Gasteiger partial charge in [-0.25, -0.2) is 4.79 Å². The normalized spacial score (nSPS) is 13.2. The molecule has 0 saturated heterocycles. The van der Waals surface area contributed by atoms with Crippen LogP contribution < -0.4 is 5.32 Å². The number of Topliss-reactive ketones (excluding diaryl/α,β-unsaturated/α-hetero) is 1. The van der Waals surface area contributed by atoms with E-state index in [0.29, 0.717) is 35.6 Å². The smallest absolute Gasteiger partial charge is 0.373 e. The number of methoxy groups -OCH3 is 1. The summed E-state index contributed by atoms with van der Waals surface area (Å²) in [6.45, 7) is 0.270. The monoisotopic (exact) mass is 383 g/mol. The molecule has 0 fully saturated rings. The van der Waals surface area contributed by atoms with Crippen molar-refractivity contribution in [2.24, 2.45) is 0 Å². The van der Waals surface area contributed by atoms with Gasteiger partial charge in [0.1, 0.15) is 17.8 Å². The van der Waals surface area contributed by atoms with Gasteiger partial charge in [0.15, 0.2) is 5.78 Å². The fourth-order valence-electron chi connectivity index (χ4n) is 3.14. The molecule has 9 heteroatoms. The van der Waals surface area contributed by atoms with Crippen LogP contribution in [-0.4, -0.2) is 34.6 Å². The number of anilines is 1. The fourth-order valence-corrected chi connectivity index (χ4v) is 3.14. The number of rotatable bonds is 5. The first-order chi connectivity index (χ1) is 13.5. The van der Waals surface area contributed by atoms with E-state index in [1.165, 1.54) is 25.6 Å². The minimum atomic E-state index is -0.558. The van der Waals surface area contributed by atoms with Gasteiger partial charge in [-0.15, -0.1) is 0 Å². The first-order valence-electron chi connectivity index (χ1n) is 8.69. The summed E-state index contributed by atoms with van der Waals surface area (Å²) in [5.74, 6) is 0.123. The van der Waals surface area contributed by atoms with Gasteiger partial charge in [0.2, 0.25) is 5.76 Å². The Hall–Kier alpha value is -3.62. The molecule has 0 bridgehead atoms. The van der Waals surface area contributed by atoms with Crippen LogP contribution in [0.3, 0.4) is 0 Å². The maximum atomic E-state index is 12.5. The van der Waals surface area contributed by atoms with Crippen molar-refractivity contribution in [3.63, 3.8) is 0 Å². The first-order valence-corrected chi connectivity index (χ1v) is 8.69. The zero-order valence-corrected chi connectivity index (χ0v) is 15.1. The lowest BCUT2D eigenvalue weighted by atomic mass is 9.94. The summed E-state index contributed by atoms with van der Waals surface area (Å²) in [4.78, 5) is 36.1. The van der Waals surface area contributed by atoms with Gasteiger partial charge in [-0.3, -0.25) is 14.3 Å². The number of amides is 1. The topological polar surface area (TPSA) is 117 Å². The molecule has 0 aromatic carbocycles. The van der Waals surface area contributed by atoms with Gasteiger partial charge in [0.25, 0.3) is 5.91 Å². The molecule has 0 aliphatic heterocycles. The van der Waals surface area contributed by atoms with E-state index in [1.807, 2.05) is 0 Å². The number of hydrogen-bond acceptors (Lipinski definition) is 7. The number of carbonyl (C=O) groups is 3. The van der Waals surface area contributed by atoms with E-state index in [-0.39, 0.29) is 23.7 Å². The molecular formula is C19H17N3O6. The summed E-state index contributed by atoms with van der Waals surface area (Å²) < 4.78 is 16.9. The Labute approximate surface area is 159 Å². The summed E-state index contributed by atoms with van der Waals surface area (Å²) in [7, 11) is 1.28. The zero-order chi connectivity index (χ0) is 19.7. The standard InChI is InChI=1S/C19H17N3O6/c1-26-19(25)16-6-5-12(28-16)9-22-8-11(7-20-22)21-18(24)13-10-27-15-4-2-3-14(23)17(13)15/h5-8,10H,2-4,9H2,1H3,(H,21,24). The minimum Gasteiger partial charge on any atom is -0.468 e. The molecular weight excluding hydrogens is 366 g/mol. The van der Waals surface area contributed by atoms with Crippen LogP contribution in [0.1, 0.15) is 55.6 Å². The van der Waals surface area contributed by atoms with Crippen LogP contribution in [0, 0.1) is 0 Å². The van der Waals surface area contributed by atoms with Crippen molar-refractivity contribution < 1.29 is 28.0 Å². The van der Waals surface area contributed by atoms with E-state index in [9.17, 15) is 14.4 Å². The number of hydrogen-bond donors (Lipinski definition) is 1. The van der Waals surface area contributed by atoms with Crippen molar-refractivity contribution in [1.82, 2.24) is 9.78 Å². The first kappa shape index (κ1) is 17.8. The second-order valence-electron chi connectivity index (χ2n) is 6.36. The molecule has 1 aliphatic carbocycles. The largest absolute Gasteiger partial charge is 0.468 e. The molecule has 3 aromatic rings. The Morgan fingerprint density at radius 3 is 3.00 bits per heavy atom. The average Bonchev–Trinajstić information content (AvgIpc) is 3.41. The number of ketones is 1. The Morgan fingerprint density at radius 2 is 2.18 bits per heavy atom. The molecule has 0 spiro atoms. The number of fused-ring (bicyclic) bond motifs is 1. The second-order valence-corrected chi connectivity index (χ2v) is 6.36. The van der Waals surface area contributed by atoms with E-state index < -0.39 is 11.9 Å². The molecule has 9 nitrogen and oxygen atoms in total.